The van der Waals surface area contributed by atoms with E-state index in [1.165, 1.54) is 0 Å². The second-order valence-electron chi connectivity index (χ2n) is 3.51. The third-order valence-electron chi connectivity index (χ3n) is 2.12. The third kappa shape index (κ3) is 3.86. The van der Waals surface area contributed by atoms with E-state index in [9.17, 15) is 4.79 Å². The fraction of sp³-hybridized carbons (Fsp3) is 0.250. The molecule has 0 unspecified atom stereocenters. The van der Waals surface area contributed by atoms with Gasteiger partial charge in [0.25, 0.3) is 0 Å². The largest absolute Gasteiger partial charge is 0.485 e. The number of carbonyl (C=O) groups is 1. The zero-order chi connectivity index (χ0) is 15.4. The van der Waals surface area contributed by atoms with Crippen molar-refractivity contribution in [1.29, 1.82) is 0 Å². The summed E-state index contributed by atoms with van der Waals surface area (Å²) in [7, 11) is 0. The van der Waals surface area contributed by atoms with Crippen molar-refractivity contribution in [3.05, 3.63) is 37.3 Å². The molecule has 0 aliphatic carbocycles. The molecule has 0 heterocycles. The first-order valence-electron chi connectivity index (χ1n) is 5.30. The van der Waals surface area contributed by atoms with Crippen LogP contribution in [0.2, 0.25) is 25.1 Å². The predicted molar refractivity (Wildman–Crippen MR) is 82.8 cm³/mol. The molecule has 0 aromatic heterocycles. The molecule has 0 N–H and O–H groups in total. The summed E-state index contributed by atoms with van der Waals surface area (Å²) in [6.07, 6.45) is 0. The average molecular weight is 378 g/mol. The average Bonchev–Trinajstić information content (AvgIpc) is 2.43. The molecule has 110 valence electrons. The van der Waals surface area contributed by atoms with Crippen LogP contribution in [0.1, 0.15) is 6.92 Å². The lowest BCUT2D eigenvalue weighted by Crippen LogP contribution is -2.13. The summed E-state index contributed by atoms with van der Waals surface area (Å²) in [5.41, 5.74) is 0.0983. The van der Waals surface area contributed by atoms with Crippen LogP contribution in [0.15, 0.2) is 12.2 Å². The first-order valence-corrected chi connectivity index (χ1v) is 7.19. The van der Waals surface area contributed by atoms with Gasteiger partial charge >= 0.3 is 5.97 Å². The summed E-state index contributed by atoms with van der Waals surface area (Å²) in [5, 5.41) is 0.0596. The van der Waals surface area contributed by atoms with Crippen molar-refractivity contribution in [1.82, 2.24) is 0 Å². The highest BCUT2D eigenvalue weighted by Gasteiger charge is 2.21. The number of benzene rings is 1. The number of rotatable bonds is 5. The van der Waals surface area contributed by atoms with Crippen LogP contribution in [-0.2, 0) is 9.53 Å². The van der Waals surface area contributed by atoms with Crippen LogP contribution in [-0.4, -0.2) is 19.2 Å². The van der Waals surface area contributed by atoms with Gasteiger partial charge in [0.05, 0.1) is 27.2 Å². The van der Waals surface area contributed by atoms with Gasteiger partial charge < -0.3 is 9.47 Å². The molecule has 20 heavy (non-hydrogen) atoms. The van der Waals surface area contributed by atoms with E-state index in [0.29, 0.717) is 0 Å². The molecule has 0 spiro atoms. The number of hydrogen-bond donors (Lipinski definition) is 0. The zero-order valence-electron chi connectivity index (χ0n) is 10.2. The number of ether oxygens (including phenoxy) is 2. The van der Waals surface area contributed by atoms with Gasteiger partial charge in [0.1, 0.15) is 16.7 Å². The summed E-state index contributed by atoms with van der Waals surface area (Å²) in [4.78, 5) is 11.4. The molecular formula is C12H9Cl5O3. The fourth-order valence-corrected chi connectivity index (χ4v) is 2.39. The van der Waals surface area contributed by atoms with E-state index in [4.69, 9.17) is 67.5 Å². The van der Waals surface area contributed by atoms with Crippen LogP contribution >= 0.6 is 58.0 Å². The first-order chi connectivity index (χ1) is 9.31. The van der Waals surface area contributed by atoms with E-state index in [1.807, 2.05) is 0 Å². The summed E-state index contributed by atoms with van der Waals surface area (Å²) < 4.78 is 10.1. The maximum atomic E-state index is 11.4. The smallest absolute Gasteiger partial charge is 0.336 e. The van der Waals surface area contributed by atoms with Gasteiger partial charge in [-0.05, 0) is 6.92 Å². The van der Waals surface area contributed by atoms with Crippen molar-refractivity contribution in [2.24, 2.45) is 0 Å². The number of halogens is 5. The fourth-order valence-electron chi connectivity index (χ4n) is 1.16. The van der Waals surface area contributed by atoms with Crippen molar-refractivity contribution in [2.75, 3.05) is 13.2 Å². The maximum absolute atomic E-state index is 11.4. The van der Waals surface area contributed by atoms with Crippen molar-refractivity contribution < 1.29 is 14.3 Å². The Morgan fingerprint density at radius 1 is 1.00 bits per heavy atom. The molecule has 0 amide bonds. The topological polar surface area (TPSA) is 35.5 Å². The number of carbonyl (C=O) groups excluding carboxylic acids is 1. The van der Waals surface area contributed by atoms with E-state index >= 15 is 0 Å². The van der Waals surface area contributed by atoms with Crippen LogP contribution in [0.5, 0.6) is 5.75 Å². The van der Waals surface area contributed by atoms with Gasteiger partial charge in [0, 0.05) is 0 Å². The molecule has 1 aromatic carbocycles. The number of esters is 1. The normalized spacial score (nSPS) is 10.3. The molecule has 0 saturated heterocycles. The Hall–Kier alpha value is -0.320. The quantitative estimate of drug-likeness (QED) is 0.296. The van der Waals surface area contributed by atoms with E-state index in [1.54, 1.807) is 6.92 Å². The third-order valence-corrected chi connectivity index (χ3v) is 4.37. The van der Waals surface area contributed by atoms with Gasteiger partial charge in [-0.15, -0.1) is 0 Å². The van der Waals surface area contributed by atoms with Crippen LogP contribution in [0.3, 0.4) is 0 Å². The van der Waals surface area contributed by atoms with Crippen LogP contribution in [0.4, 0.5) is 0 Å². The Morgan fingerprint density at radius 3 is 1.90 bits per heavy atom. The Bertz CT molecular complexity index is 528. The van der Waals surface area contributed by atoms with E-state index in [2.05, 4.69) is 6.58 Å². The molecule has 1 rings (SSSR count). The van der Waals surface area contributed by atoms with Gasteiger partial charge in [-0.25, -0.2) is 4.79 Å². The van der Waals surface area contributed by atoms with Gasteiger partial charge in [-0.1, -0.05) is 64.6 Å². The van der Waals surface area contributed by atoms with Crippen molar-refractivity contribution in [2.45, 2.75) is 6.92 Å². The van der Waals surface area contributed by atoms with Crippen LogP contribution in [0.25, 0.3) is 0 Å². The molecule has 0 saturated carbocycles. The number of hydrogen-bond acceptors (Lipinski definition) is 3. The lowest BCUT2D eigenvalue weighted by Gasteiger charge is -2.14. The second-order valence-corrected chi connectivity index (χ2v) is 5.40. The van der Waals surface area contributed by atoms with Gasteiger partial charge in [-0.3, -0.25) is 0 Å². The lowest BCUT2D eigenvalue weighted by atomic mass is 10.3. The molecule has 0 aliphatic rings. The van der Waals surface area contributed by atoms with E-state index in [0.717, 1.165) is 0 Å². The van der Waals surface area contributed by atoms with Gasteiger partial charge in [0.15, 0.2) is 5.75 Å². The van der Waals surface area contributed by atoms with E-state index in [-0.39, 0.29) is 49.6 Å². The molecule has 3 nitrogen and oxygen atoms in total. The zero-order valence-corrected chi connectivity index (χ0v) is 14.0. The Morgan fingerprint density at radius 2 is 1.45 bits per heavy atom. The standard InChI is InChI=1S/C12H9Cl5O3/c1-3-19-12(18)5(2)4-20-11-9(16)7(14)6(13)8(15)10(11)17/h2-4H2,1H3. The van der Waals surface area contributed by atoms with Crippen LogP contribution < -0.4 is 4.74 Å². The molecule has 1 aromatic rings. The minimum absolute atomic E-state index is 0.00252. The Kier molecular flexibility index (Phi) is 6.76. The molecule has 0 fully saturated rings. The molecule has 0 aliphatic heterocycles. The summed E-state index contributed by atoms with van der Waals surface area (Å²) >= 11 is 29.5. The second kappa shape index (κ2) is 7.62. The van der Waals surface area contributed by atoms with E-state index < -0.39 is 5.97 Å². The minimum Gasteiger partial charge on any atom is -0.485 e. The Labute approximate surface area is 141 Å². The van der Waals surface area contributed by atoms with Gasteiger partial charge in [-0.2, -0.15) is 0 Å². The minimum atomic E-state index is -0.578. The molecule has 0 bridgehead atoms. The molecule has 8 heteroatoms. The summed E-state index contributed by atoms with van der Waals surface area (Å²) in [6, 6.07) is 0. The van der Waals surface area contributed by atoms with Gasteiger partial charge in [0.2, 0.25) is 0 Å². The molecular weight excluding hydrogens is 369 g/mol. The van der Waals surface area contributed by atoms with Crippen molar-refractivity contribution in [3.63, 3.8) is 0 Å². The van der Waals surface area contributed by atoms with Crippen molar-refractivity contribution >= 4 is 64.0 Å². The van der Waals surface area contributed by atoms with Crippen molar-refractivity contribution in [3.8, 4) is 5.75 Å². The molecule has 0 radical (unpaired) electrons. The lowest BCUT2D eigenvalue weighted by molar-refractivity contribution is -0.138. The summed E-state index contributed by atoms with van der Waals surface area (Å²) in [5.74, 6) is -0.552. The highest BCUT2D eigenvalue weighted by atomic mass is 35.5. The monoisotopic (exact) mass is 376 g/mol. The molecule has 0 atom stereocenters. The summed E-state index contributed by atoms with van der Waals surface area (Å²) in [6.45, 7) is 5.27. The predicted octanol–water partition coefficient (Wildman–Crippen LogP) is 5.45. The SMILES string of the molecule is C=C(COc1c(Cl)c(Cl)c(Cl)c(Cl)c1Cl)C(=O)OCC. The highest BCUT2D eigenvalue weighted by Crippen LogP contribution is 2.48. The highest BCUT2D eigenvalue weighted by molar-refractivity contribution is 6.55. The van der Waals surface area contributed by atoms with Crippen LogP contribution in [0, 0.1) is 0 Å². The Balaban J connectivity index is 2.95. The maximum Gasteiger partial charge on any atom is 0.336 e. The first kappa shape index (κ1) is 17.7.